The molecule has 19 heavy (non-hydrogen) atoms. The number of imidazole rings is 1. The largest absolute Gasteiger partial charge is 0.378 e. The molecule has 2 N–H and O–H groups in total. The first-order valence-corrected chi connectivity index (χ1v) is 7.45. The van der Waals surface area contributed by atoms with Crippen molar-refractivity contribution >= 4 is 33.2 Å². The Balaban J connectivity index is 1.95. The van der Waals surface area contributed by atoms with Crippen LogP contribution in [0.3, 0.4) is 0 Å². The van der Waals surface area contributed by atoms with Crippen molar-refractivity contribution in [3.05, 3.63) is 39.6 Å². The van der Waals surface area contributed by atoms with Crippen molar-refractivity contribution in [2.45, 2.75) is 32.7 Å². The Bertz CT molecular complexity index is 524. The lowest BCUT2D eigenvalue weighted by Crippen LogP contribution is -2.01. The van der Waals surface area contributed by atoms with Crippen LogP contribution in [0.4, 0.5) is 5.69 Å². The number of halogens is 2. The summed E-state index contributed by atoms with van der Waals surface area (Å²) in [6, 6.07) is 3.85. The van der Waals surface area contributed by atoms with Crippen molar-refractivity contribution in [1.82, 2.24) is 15.0 Å². The number of unbranched alkanes of at least 4 members (excludes halogenated alkanes) is 1. The van der Waals surface area contributed by atoms with Crippen molar-refractivity contribution in [2.75, 3.05) is 5.32 Å². The van der Waals surface area contributed by atoms with Crippen LogP contribution < -0.4 is 5.32 Å². The average Bonchev–Trinajstić information content (AvgIpc) is 2.76. The fourth-order valence-electron chi connectivity index (χ4n) is 1.69. The highest BCUT2D eigenvalue weighted by Gasteiger charge is 2.07. The fourth-order valence-corrected chi connectivity index (χ4v) is 2.14. The first-order chi connectivity index (χ1) is 9.19. The van der Waals surface area contributed by atoms with Gasteiger partial charge in [-0.2, -0.15) is 0 Å². The number of rotatable bonds is 6. The van der Waals surface area contributed by atoms with Crippen LogP contribution in [0.1, 0.15) is 31.3 Å². The van der Waals surface area contributed by atoms with E-state index in [4.69, 9.17) is 11.6 Å². The normalized spacial score (nSPS) is 10.7. The minimum atomic E-state index is 0.545. The Morgan fingerprint density at radius 1 is 1.42 bits per heavy atom. The Kier molecular flexibility index (Phi) is 5.22. The summed E-state index contributed by atoms with van der Waals surface area (Å²) in [5, 5.41) is 3.80. The molecule has 0 radical (unpaired) electrons. The molecule has 2 aromatic heterocycles. The molecular weight excluding hydrogens is 328 g/mol. The molecule has 0 saturated heterocycles. The highest BCUT2D eigenvalue weighted by atomic mass is 79.9. The molecule has 0 spiro atoms. The summed E-state index contributed by atoms with van der Waals surface area (Å²) < 4.78 is 0.819. The molecule has 0 aliphatic carbocycles. The lowest BCUT2D eigenvalue weighted by Gasteiger charge is -2.04. The van der Waals surface area contributed by atoms with Gasteiger partial charge in [0.15, 0.2) is 5.15 Å². The van der Waals surface area contributed by atoms with Crippen LogP contribution in [0.5, 0.6) is 0 Å². The molecule has 2 aromatic rings. The van der Waals surface area contributed by atoms with Gasteiger partial charge in [0.1, 0.15) is 10.4 Å². The highest BCUT2D eigenvalue weighted by molar-refractivity contribution is 9.10. The lowest BCUT2D eigenvalue weighted by atomic mass is 10.2. The number of nitrogens with zero attached hydrogens (tertiary/aromatic N) is 2. The van der Waals surface area contributed by atoms with Gasteiger partial charge in [-0.3, -0.25) is 0 Å². The number of nitrogens with one attached hydrogen (secondary N) is 2. The van der Waals surface area contributed by atoms with E-state index in [0.29, 0.717) is 11.7 Å². The summed E-state index contributed by atoms with van der Waals surface area (Å²) in [5.41, 5.74) is 1.86. The quantitative estimate of drug-likeness (QED) is 0.774. The summed E-state index contributed by atoms with van der Waals surface area (Å²) >= 11 is 9.41. The molecule has 0 amide bonds. The third-order valence-electron chi connectivity index (χ3n) is 2.74. The maximum Gasteiger partial charge on any atom is 0.152 e. The van der Waals surface area contributed by atoms with E-state index in [-0.39, 0.29) is 0 Å². The van der Waals surface area contributed by atoms with E-state index in [1.807, 2.05) is 12.1 Å². The number of hydrogen-bond donors (Lipinski definition) is 2. The molecule has 0 aliphatic heterocycles. The maximum atomic E-state index is 6.11. The van der Waals surface area contributed by atoms with Crippen LogP contribution >= 0.6 is 27.5 Å². The average molecular weight is 344 g/mol. The van der Waals surface area contributed by atoms with Gasteiger partial charge < -0.3 is 10.3 Å². The first-order valence-electron chi connectivity index (χ1n) is 6.27. The number of aromatic amines is 1. The summed E-state index contributed by atoms with van der Waals surface area (Å²) in [6.45, 7) is 2.77. The Morgan fingerprint density at radius 2 is 2.26 bits per heavy atom. The lowest BCUT2D eigenvalue weighted by molar-refractivity contribution is 0.760. The summed E-state index contributed by atoms with van der Waals surface area (Å²) in [6.07, 6.45) is 4.98. The zero-order chi connectivity index (χ0) is 13.7. The molecule has 0 fully saturated rings. The van der Waals surface area contributed by atoms with E-state index in [1.54, 1.807) is 6.20 Å². The standard InChI is InChI=1S/C13H16BrClN4/c1-2-3-4-12-18-10(13(15)19-12)8-16-9-5-6-11(14)17-7-9/h5-7,16H,2-4,8H2,1H3,(H,18,19). The molecule has 0 aliphatic rings. The smallest absolute Gasteiger partial charge is 0.152 e. The van der Waals surface area contributed by atoms with Crippen molar-refractivity contribution in [3.63, 3.8) is 0 Å². The van der Waals surface area contributed by atoms with Crippen LogP contribution in [0.15, 0.2) is 22.9 Å². The fraction of sp³-hybridized carbons (Fsp3) is 0.385. The minimum absolute atomic E-state index is 0.545. The third kappa shape index (κ3) is 4.21. The molecule has 0 bridgehead atoms. The number of hydrogen-bond acceptors (Lipinski definition) is 3. The number of pyridine rings is 1. The molecular formula is C13H16BrClN4. The van der Waals surface area contributed by atoms with Crippen LogP contribution in [0.2, 0.25) is 5.15 Å². The summed E-state index contributed by atoms with van der Waals surface area (Å²) in [7, 11) is 0. The zero-order valence-corrected chi connectivity index (χ0v) is 13.1. The molecule has 6 heteroatoms. The maximum absolute atomic E-state index is 6.11. The van der Waals surface area contributed by atoms with Gasteiger partial charge in [-0.05, 0) is 34.5 Å². The van der Waals surface area contributed by atoms with Gasteiger partial charge in [0.2, 0.25) is 0 Å². The molecule has 2 rings (SSSR count). The summed E-state index contributed by atoms with van der Waals surface area (Å²) in [4.78, 5) is 11.7. The SMILES string of the molecule is CCCCc1nc(Cl)c(CNc2ccc(Br)nc2)[nH]1. The van der Waals surface area contributed by atoms with E-state index in [1.165, 1.54) is 0 Å². The second-order valence-electron chi connectivity index (χ2n) is 4.28. The monoisotopic (exact) mass is 342 g/mol. The number of anilines is 1. The minimum Gasteiger partial charge on any atom is -0.378 e. The Labute approximate surface area is 126 Å². The zero-order valence-electron chi connectivity index (χ0n) is 10.7. The van der Waals surface area contributed by atoms with Gasteiger partial charge in [-0.25, -0.2) is 9.97 Å². The van der Waals surface area contributed by atoms with E-state index in [0.717, 1.165) is 41.1 Å². The van der Waals surface area contributed by atoms with Crippen molar-refractivity contribution < 1.29 is 0 Å². The van der Waals surface area contributed by atoms with Crippen LogP contribution in [0, 0.1) is 0 Å². The van der Waals surface area contributed by atoms with Crippen molar-refractivity contribution in [2.24, 2.45) is 0 Å². The molecule has 0 atom stereocenters. The van der Waals surface area contributed by atoms with E-state index in [9.17, 15) is 0 Å². The van der Waals surface area contributed by atoms with E-state index >= 15 is 0 Å². The number of H-pyrrole nitrogens is 1. The third-order valence-corrected chi connectivity index (χ3v) is 3.52. The topological polar surface area (TPSA) is 53.6 Å². The van der Waals surface area contributed by atoms with Crippen LogP contribution in [0.25, 0.3) is 0 Å². The van der Waals surface area contributed by atoms with Crippen molar-refractivity contribution in [1.29, 1.82) is 0 Å². The predicted molar refractivity (Wildman–Crippen MR) is 81.5 cm³/mol. The Morgan fingerprint density at radius 3 is 2.95 bits per heavy atom. The Hall–Kier alpha value is -1.07. The molecule has 0 saturated carbocycles. The molecule has 102 valence electrons. The molecule has 0 aromatic carbocycles. The second-order valence-corrected chi connectivity index (χ2v) is 5.45. The van der Waals surface area contributed by atoms with Gasteiger partial charge in [0.05, 0.1) is 24.1 Å². The van der Waals surface area contributed by atoms with Crippen molar-refractivity contribution in [3.8, 4) is 0 Å². The highest BCUT2D eigenvalue weighted by Crippen LogP contribution is 2.17. The second kappa shape index (κ2) is 6.91. The first kappa shape index (κ1) is 14.3. The van der Waals surface area contributed by atoms with Gasteiger partial charge in [-0.15, -0.1) is 0 Å². The van der Waals surface area contributed by atoms with E-state index < -0.39 is 0 Å². The predicted octanol–water partition coefficient (Wildman–Crippen LogP) is 4.18. The van der Waals surface area contributed by atoms with Gasteiger partial charge in [0.25, 0.3) is 0 Å². The van der Waals surface area contributed by atoms with Crippen LogP contribution in [-0.2, 0) is 13.0 Å². The van der Waals surface area contributed by atoms with Crippen LogP contribution in [-0.4, -0.2) is 15.0 Å². The number of aryl methyl sites for hydroxylation is 1. The molecule has 4 nitrogen and oxygen atoms in total. The molecule has 0 unspecified atom stereocenters. The number of aromatic nitrogens is 3. The van der Waals surface area contributed by atoms with E-state index in [2.05, 4.69) is 43.1 Å². The summed E-state index contributed by atoms with van der Waals surface area (Å²) in [5.74, 6) is 0.956. The van der Waals surface area contributed by atoms with Gasteiger partial charge >= 0.3 is 0 Å². The molecule has 2 heterocycles. The van der Waals surface area contributed by atoms with Gasteiger partial charge in [-0.1, -0.05) is 24.9 Å². The van der Waals surface area contributed by atoms with Gasteiger partial charge in [0, 0.05) is 6.42 Å².